The maximum Gasteiger partial charge on any atom is 0.264 e. The van der Waals surface area contributed by atoms with E-state index in [2.05, 4.69) is 26.6 Å². The molecule has 2 aromatic carbocycles. The van der Waals surface area contributed by atoms with Gasteiger partial charge in [0.05, 0.1) is 43.4 Å². The molecule has 3 saturated heterocycles. The first kappa shape index (κ1) is 32.3. The van der Waals surface area contributed by atoms with Crippen molar-refractivity contribution < 1.29 is 29.0 Å². The van der Waals surface area contributed by atoms with E-state index in [1.54, 1.807) is 9.80 Å². The number of rotatable bonds is 8. The molecule has 45 heavy (non-hydrogen) atoms. The molecule has 2 aromatic rings. The zero-order valence-electron chi connectivity index (χ0n) is 26.1. The molecule has 4 aliphatic heterocycles. The van der Waals surface area contributed by atoms with E-state index < -0.39 is 25.9 Å². The van der Waals surface area contributed by atoms with E-state index in [0.29, 0.717) is 12.2 Å². The maximum absolute atomic E-state index is 14.7. The number of carbonyl (C=O) groups is 3. The largest absolute Gasteiger partial charge is 0.432 e. The molecule has 0 bridgehead atoms. The number of nitrogens with one attached hydrogen (secondary N) is 2. The van der Waals surface area contributed by atoms with Crippen molar-refractivity contribution >= 4 is 53.3 Å². The second kappa shape index (κ2) is 12.5. The van der Waals surface area contributed by atoms with Gasteiger partial charge in [0.2, 0.25) is 11.8 Å². The van der Waals surface area contributed by atoms with Gasteiger partial charge in [-0.2, -0.15) is 0 Å². The molecule has 1 spiro atoms. The molecule has 0 unspecified atom stereocenters. The lowest BCUT2D eigenvalue weighted by Crippen LogP contribution is -2.46. The van der Waals surface area contributed by atoms with Crippen LogP contribution in [0.15, 0.2) is 46.9 Å². The Morgan fingerprint density at radius 2 is 1.98 bits per heavy atom. The molecule has 6 atom stereocenters. The van der Waals surface area contributed by atoms with E-state index in [0.717, 1.165) is 53.5 Å². The van der Waals surface area contributed by atoms with Crippen LogP contribution in [0.3, 0.4) is 0 Å². The minimum atomic E-state index is -2.94. The van der Waals surface area contributed by atoms with Crippen LogP contribution in [0.1, 0.15) is 50.2 Å². The van der Waals surface area contributed by atoms with Crippen molar-refractivity contribution in [3.8, 4) is 0 Å². The standard InChI is InChI=1S/C33H43BrN4O6Si/c1-20-30(45(2,3)43)28(17-29(40)37-14-6-9-24(37)19-39)44-33(20)25-16-22(34)11-12-27(25)38(32(33)42)18-21-7-4-8-23(15-21)36-31(41)26-10-5-13-35-26/h4,7-8,11-12,15-16,20,24,26,28,30,35,39,43H,5-6,9-10,13-14,17-19H2,1-3H3,(H,36,41)/t20-,24+,26-,28+,30-,33+/m1/s1. The molecule has 0 saturated carbocycles. The molecule has 0 aromatic heterocycles. The Morgan fingerprint density at radius 3 is 2.69 bits per heavy atom. The van der Waals surface area contributed by atoms with Gasteiger partial charge in [0, 0.05) is 33.7 Å². The summed E-state index contributed by atoms with van der Waals surface area (Å²) in [5.41, 5.74) is 1.21. The molecule has 4 N–H and O–H groups in total. The molecule has 12 heteroatoms. The van der Waals surface area contributed by atoms with Gasteiger partial charge >= 0.3 is 0 Å². The fourth-order valence-electron chi connectivity index (χ4n) is 8.12. The van der Waals surface area contributed by atoms with Crippen molar-refractivity contribution in [2.45, 2.75) is 88.0 Å². The number of halogens is 1. The van der Waals surface area contributed by atoms with Crippen LogP contribution >= 0.6 is 15.9 Å². The number of benzene rings is 2. The molecule has 0 radical (unpaired) electrons. The van der Waals surface area contributed by atoms with Crippen molar-refractivity contribution in [1.29, 1.82) is 0 Å². The van der Waals surface area contributed by atoms with Crippen LogP contribution in [0, 0.1) is 5.92 Å². The highest BCUT2D eigenvalue weighted by Crippen LogP contribution is 2.60. The minimum absolute atomic E-state index is 0.0401. The lowest BCUT2D eigenvalue weighted by Gasteiger charge is -2.33. The smallest absolute Gasteiger partial charge is 0.264 e. The van der Waals surface area contributed by atoms with Crippen LogP contribution in [0.4, 0.5) is 11.4 Å². The molecule has 3 fully saturated rings. The van der Waals surface area contributed by atoms with Crippen LogP contribution in [0.5, 0.6) is 0 Å². The first-order chi connectivity index (χ1) is 21.4. The Labute approximate surface area is 273 Å². The van der Waals surface area contributed by atoms with Gasteiger partial charge in [0.25, 0.3) is 5.91 Å². The first-order valence-corrected chi connectivity index (χ1v) is 19.8. The lowest BCUT2D eigenvalue weighted by atomic mass is 9.82. The Morgan fingerprint density at radius 1 is 1.18 bits per heavy atom. The Bertz CT molecular complexity index is 1480. The molecular formula is C33H43BrN4O6Si. The summed E-state index contributed by atoms with van der Waals surface area (Å²) in [6.07, 6.45) is 2.76. The Hall–Kier alpha value is -2.61. The zero-order chi connectivity index (χ0) is 32.1. The highest BCUT2D eigenvalue weighted by atomic mass is 79.9. The van der Waals surface area contributed by atoms with Gasteiger partial charge in [0.1, 0.15) is 0 Å². The number of fused-ring (bicyclic) bond motifs is 2. The molecule has 0 aliphatic carbocycles. The fraction of sp³-hybridized carbons (Fsp3) is 0.545. The lowest BCUT2D eigenvalue weighted by molar-refractivity contribution is -0.150. The molecule has 10 nitrogen and oxygen atoms in total. The topological polar surface area (TPSA) is 131 Å². The first-order valence-electron chi connectivity index (χ1n) is 16.0. The number of ether oxygens (including phenoxy) is 1. The number of amides is 3. The molecule has 242 valence electrons. The average Bonchev–Trinajstić information content (AvgIpc) is 3.78. The summed E-state index contributed by atoms with van der Waals surface area (Å²) in [4.78, 5) is 56.1. The number of carbonyl (C=O) groups excluding carboxylic acids is 3. The number of hydrogen-bond acceptors (Lipinski definition) is 7. The van der Waals surface area contributed by atoms with Crippen molar-refractivity contribution in [3.05, 3.63) is 58.1 Å². The number of likely N-dealkylation sites (tertiary alicyclic amines) is 1. The number of aliphatic hydroxyl groups is 1. The van der Waals surface area contributed by atoms with Gasteiger partial charge in [0.15, 0.2) is 13.9 Å². The van der Waals surface area contributed by atoms with Crippen molar-refractivity contribution in [1.82, 2.24) is 10.2 Å². The fourth-order valence-corrected chi connectivity index (χ4v) is 11.0. The summed E-state index contributed by atoms with van der Waals surface area (Å²) < 4.78 is 7.65. The van der Waals surface area contributed by atoms with Crippen molar-refractivity contribution in [3.63, 3.8) is 0 Å². The molecule has 4 aliphatic rings. The van der Waals surface area contributed by atoms with E-state index >= 15 is 0 Å². The summed E-state index contributed by atoms with van der Waals surface area (Å²) >= 11 is 3.60. The predicted molar refractivity (Wildman–Crippen MR) is 177 cm³/mol. The van der Waals surface area contributed by atoms with Crippen LogP contribution < -0.4 is 15.5 Å². The summed E-state index contributed by atoms with van der Waals surface area (Å²) in [5.74, 6) is -0.803. The summed E-state index contributed by atoms with van der Waals surface area (Å²) in [5, 5.41) is 16.1. The molecule has 3 amide bonds. The van der Waals surface area contributed by atoms with Crippen LogP contribution in [0.2, 0.25) is 18.6 Å². The van der Waals surface area contributed by atoms with Crippen molar-refractivity contribution in [2.24, 2.45) is 5.92 Å². The van der Waals surface area contributed by atoms with Gasteiger partial charge in [-0.1, -0.05) is 35.0 Å². The highest BCUT2D eigenvalue weighted by Gasteiger charge is 2.66. The van der Waals surface area contributed by atoms with Crippen LogP contribution in [-0.4, -0.2) is 78.7 Å². The van der Waals surface area contributed by atoms with E-state index in [4.69, 9.17) is 4.74 Å². The summed E-state index contributed by atoms with van der Waals surface area (Å²) in [6.45, 7) is 7.25. The molecular weight excluding hydrogens is 656 g/mol. The number of aliphatic hydroxyl groups excluding tert-OH is 1. The number of hydrogen-bond donors (Lipinski definition) is 4. The SMILES string of the molecule is C[C@@H]1[C@@H]([Si](C)(C)O)[C@H](CC(=O)N2CCC[C@H]2CO)O[C@@]12C(=O)N(Cc1cccc(NC(=O)[C@H]3CCCN3)c1)c1ccc(Br)cc12. The van der Waals surface area contributed by atoms with E-state index in [-0.39, 0.29) is 54.9 Å². The van der Waals surface area contributed by atoms with Crippen molar-refractivity contribution in [2.75, 3.05) is 29.9 Å². The van der Waals surface area contributed by atoms with Gasteiger partial charge in [-0.15, -0.1) is 0 Å². The number of anilines is 2. The Balaban J connectivity index is 1.31. The zero-order valence-corrected chi connectivity index (χ0v) is 28.7. The van der Waals surface area contributed by atoms with E-state index in [9.17, 15) is 24.3 Å². The van der Waals surface area contributed by atoms with Gasteiger partial charge in [-0.05, 0) is 81.2 Å². The van der Waals surface area contributed by atoms with Gasteiger partial charge in [-0.3, -0.25) is 14.4 Å². The second-order valence-electron chi connectivity index (χ2n) is 13.5. The van der Waals surface area contributed by atoms with E-state index in [1.807, 2.05) is 62.5 Å². The van der Waals surface area contributed by atoms with Crippen LogP contribution in [-0.2, 0) is 31.3 Å². The highest BCUT2D eigenvalue weighted by molar-refractivity contribution is 9.10. The van der Waals surface area contributed by atoms with Gasteiger partial charge in [-0.25, -0.2) is 0 Å². The molecule has 4 heterocycles. The summed E-state index contributed by atoms with van der Waals surface area (Å²) in [6, 6.07) is 12.9. The Kier molecular flexibility index (Phi) is 9.01. The maximum atomic E-state index is 14.7. The van der Waals surface area contributed by atoms with Crippen LogP contribution in [0.25, 0.3) is 0 Å². The number of nitrogens with zero attached hydrogens (tertiary/aromatic N) is 2. The quantitative estimate of drug-likeness (QED) is 0.308. The second-order valence-corrected chi connectivity index (χ2v) is 18.4. The third kappa shape index (κ3) is 5.89. The third-order valence-electron chi connectivity index (χ3n) is 10.1. The van der Waals surface area contributed by atoms with Gasteiger partial charge < -0.3 is 35.1 Å². The summed E-state index contributed by atoms with van der Waals surface area (Å²) in [7, 11) is -2.94. The minimum Gasteiger partial charge on any atom is -0.432 e. The van der Waals surface area contributed by atoms with E-state index in [1.165, 1.54) is 0 Å². The third-order valence-corrected chi connectivity index (χ3v) is 13.1. The normalized spacial score (nSPS) is 29.6. The average molecular weight is 700 g/mol. The molecule has 6 rings (SSSR count). The predicted octanol–water partition coefficient (Wildman–Crippen LogP) is 3.86. The monoisotopic (exact) mass is 698 g/mol.